The molecule has 2 aliphatic carbocycles. The Balaban J connectivity index is 1.23. The molecule has 0 saturated heterocycles. The predicted molar refractivity (Wildman–Crippen MR) is 217 cm³/mol. The quantitative estimate of drug-likeness (QED) is 0.0644. The van der Waals surface area contributed by atoms with Gasteiger partial charge in [0, 0.05) is 50.1 Å². The fourth-order valence-corrected chi connectivity index (χ4v) is 8.94. The topological polar surface area (TPSA) is 230 Å². The molecule has 0 bridgehead atoms. The number of aromatic amines is 2. The van der Waals surface area contributed by atoms with Gasteiger partial charge in [-0.1, -0.05) is 12.1 Å². The van der Waals surface area contributed by atoms with Crippen LogP contribution in [0.3, 0.4) is 0 Å². The summed E-state index contributed by atoms with van der Waals surface area (Å²) in [4.78, 5) is 51.9. The van der Waals surface area contributed by atoms with Crippen LogP contribution in [0.4, 0.5) is 8.78 Å². The van der Waals surface area contributed by atoms with Crippen molar-refractivity contribution in [3.8, 4) is 11.5 Å². The third-order valence-corrected chi connectivity index (χ3v) is 13.3. The summed E-state index contributed by atoms with van der Waals surface area (Å²) >= 11 is 0. The van der Waals surface area contributed by atoms with Crippen molar-refractivity contribution in [3.63, 3.8) is 0 Å². The lowest BCUT2D eigenvalue weighted by molar-refractivity contribution is -0.0597. The van der Waals surface area contributed by atoms with Crippen LogP contribution >= 0.6 is 0 Å². The highest BCUT2D eigenvalue weighted by Gasteiger charge is 2.33. The minimum atomic E-state index is -4.42. The lowest BCUT2D eigenvalue weighted by Gasteiger charge is -2.31. The highest BCUT2D eigenvalue weighted by molar-refractivity contribution is 7.89. The molecule has 4 aromatic rings. The molecule has 2 aromatic heterocycles. The van der Waals surface area contributed by atoms with E-state index in [2.05, 4.69) is 14.7 Å². The van der Waals surface area contributed by atoms with Gasteiger partial charge in [0.05, 0.1) is 24.7 Å². The molecule has 2 saturated carbocycles. The lowest BCUT2D eigenvalue weighted by Crippen LogP contribution is -2.45. The fourth-order valence-electron chi connectivity index (χ4n) is 6.04. The molecule has 1 unspecified atom stereocenters. The number of ether oxygens (including phenoxy) is 4. The maximum Gasteiger partial charge on any atom is 0.330 e. The van der Waals surface area contributed by atoms with Crippen LogP contribution in [0.25, 0.3) is 0 Å². The number of rotatable bonds is 25. The minimum Gasteiger partial charge on any atom is -0.490 e. The van der Waals surface area contributed by atoms with Crippen molar-refractivity contribution in [2.45, 2.75) is 77.7 Å². The molecule has 0 spiro atoms. The molecule has 0 aliphatic heterocycles. The zero-order chi connectivity index (χ0) is 43.7. The SMILES string of the molecule is CC(NS(=O)(=O)CC[C@@H](OCn1ccc(=O)[nH]c1=O)N(Cc1ccc(F)c(OCC2CC2)c1)S(=O)(=O)CCCOCn1ccc(=O)[nH]c1=O)c1ccc(F)c(OCC2CC2)c1. The van der Waals surface area contributed by atoms with E-state index in [0.717, 1.165) is 63.5 Å². The van der Waals surface area contributed by atoms with Gasteiger partial charge < -0.3 is 18.9 Å². The van der Waals surface area contributed by atoms with Crippen LogP contribution in [0.2, 0.25) is 0 Å². The van der Waals surface area contributed by atoms with Gasteiger partial charge in [0.1, 0.15) is 19.7 Å². The molecule has 2 fully saturated rings. The van der Waals surface area contributed by atoms with Crippen molar-refractivity contribution < 1.29 is 44.6 Å². The summed E-state index contributed by atoms with van der Waals surface area (Å²) in [6.45, 7) is 0.618. The zero-order valence-corrected chi connectivity index (χ0v) is 34.9. The summed E-state index contributed by atoms with van der Waals surface area (Å²) in [7, 11) is -8.65. The fraction of sp³-hybridized carbons (Fsp3) is 0.487. The number of hydrogen-bond donors (Lipinski definition) is 3. The van der Waals surface area contributed by atoms with E-state index in [-0.39, 0.29) is 49.3 Å². The van der Waals surface area contributed by atoms with Crippen molar-refractivity contribution in [3.05, 3.63) is 125 Å². The van der Waals surface area contributed by atoms with Gasteiger partial charge in [0.15, 0.2) is 23.1 Å². The Labute approximate surface area is 349 Å². The van der Waals surface area contributed by atoms with Crippen LogP contribution in [-0.2, 0) is 49.5 Å². The largest absolute Gasteiger partial charge is 0.490 e. The standard InChI is InChI=1S/C39H48F2N6O12S2/c1-26(30-8-10-32(41)34(20-30)58-23-28-5-6-28)44-60(52,53)18-13-37(59-25-46-15-12-36(49)43-39(46)51)47(21-29-7-9-31(40)33(19-29)57-22-27-3-4-27)61(54,55)17-2-16-56-24-45-14-11-35(48)42-38(45)50/h7-12,14-15,19-20,26-28,37,44H,2-6,13,16-18,21-25H2,1H3,(H,42,48,50)(H,43,49,51)/t26?,37-/m1/s1. The van der Waals surface area contributed by atoms with E-state index in [0.29, 0.717) is 18.1 Å². The van der Waals surface area contributed by atoms with E-state index < -0.39 is 97.7 Å². The van der Waals surface area contributed by atoms with Crippen LogP contribution in [-0.4, -0.2) is 77.8 Å². The van der Waals surface area contributed by atoms with Crippen molar-refractivity contribution in [1.29, 1.82) is 0 Å². The number of H-pyrrole nitrogens is 2. The molecule has 2 aliphatic rings. The number of benzene rings is 2. The van der Waals surface area contributed by atoms with Crippen molar-refractivity contribution in [1.82, 2.24) is 28.1 Å². The first-order valence-corrected chi connectivity index (χ1v) is 22.9. The average molecular weight is 895 g/mol. The monoisotopic (exact) mass is 894 g/mol. The van der Waals surface area contributed by atoms with Gasteiger partial charge >= 0.3 is 11.4 Å². The van der Waals surface area contributed by atoms with Gasteiger partial charge in [-0.05, 0) is 86.3 Å². The van der Waals surface area contributed by atoms with E-state index in [9.17, 15) is 44.8 Å². The van der Waals surface area contributed by atoms with E-state index in [1.54, 1.807) is 6.92 Å². The van der Waals surface area contributed by atoms with Gasteiger partial charge in [-0.15, -0.1) is 0 Å². The number of halogens is 2. The van der Waals surface area contributed by atoms with E-state index in [1.165, 1.54) is 36.5 Å². The van der Waals surface area contributed by atoms with E-state index in [1.807, 2.05) is 0 Å². The summed E-state index contributed by atoms with van der Waals surface area (Å²) in [5.74, 6) is -2.03. The second-order valence-electron chi connectivity index (χ2n) is 15.1. The highest BCUT2D eigenvalue weighted by atomic mass is 32.2. The van der Waals surface area contributed by atoms with Gasteiger partial charge in [-0.3, -0.25) is 28.7 Å². The van der Waals surface area contributed by atoms with Crippen LogP contribution in [0.1, 0.15) is 62.6 Å². The number of hydrogen-bond acceptors (Lipinski definition) is 12. The minimum absolute atomic E-state index is 0.0140. The molecule has 22 heteroatoms. The lowest BCUT2D eigenvalue weighted by atomic mass is 10.1. The molecule has 61 heavy (non-hydrogen) atoms. The Kier molecular flexibility index (Phi) is 15.1. The van der Waals surface area contributed by atoms with Gasteiger partial charge in [0.2, 0.25) is 20.0 Å². The molecule has 332 valence electrons. The Hall–Kier alpha value is -5.00. The molecule has 2 atom stereocenters. The molecule has 3 N–H and O–H groups in total. The van der Waals surface area contributed by atoms with Crippen LogP contribution in [0.5, 0.6) is 11.5 Å². The van der Waals surface area contributed by atoms with Crippen LogP contribution in [0.15, 0.2) is 80.1 Å². The van der Waals surface area contributed by atoms with Crippen molar-refractivity contribution in [2.24, 2.45) is 11.8 Å². The van der Waals surface area contributed by atoms with E-state index in [4.69, 9.17) is 18.9 Å². The first-order valence-electron chi connectivity index (χ1n) is 19.7. The smallest absolute Gasteiger partial charge is 0.330 e. The first-order chi connectivity index (χ1) is 29.0. The second-order valence-corrected chi connectivity index (χ2v) is 19.0. The number of nitrogens with zero attached hydrogens (tertiary/aromatic N) is 3. The molecule has 0 amide bonds. The average Bonchev–Trinajstić information content (AvgIpc) is 4.15. The van der Waals surface area contributed by atoms with Crippen LogP contribution < -0.4 is 36.7 Å². The number of sulfonamides is 2. The van der Waals surface area contributed by atoms with Crippen LogP contribution in [0, 0.1) is 23.5 Å². The van der Waals surface area contributed by atoms with Gasteiger partial charge in [-0.25, -0.2) is 39.9 Å². The van der Waals surface area contributed by atoms with Gasteiger partial charge in [0.25, 0.3) is 11.1 Å². The second kappa shape index (κ2) is 20.2. The van der Waals surface area contributed by atoms with Crippen molar-refractivity contribution >= 4 is 20.0 Å². The van der Waals surface area contributed by atoms with E-state index >= 15 is 0 Å². The Bertz CT molecular complexity index is 2610. The molecule has 0 radical (unpaired) electrons. The summed E-state index contributed by atoms with van der Waals surface area (Å²) in [5, 5.41) is 0. The Morgan fingerprint density at radius 3 is 1.95 bits per heavy atom. The Morgan fingerprint density at radius 2 is 1.36 bits per heavy atom. The maximum atomic E-state index is 14.9. The summed E-state index contributed by atoms with van der Waals surface area (Å²) in [6, 6.07) is 9.13. The Morgan fingerprint density at radius 1 is 0.787 bits per heavy atom. The third-order valence-electron chi connectivity index (χ3n) is 9.92. The first kappa shape index (κ1) is 45.5. The normalized spacial score (nSPS) is 15.5. The zero-order valence-electron chi connectivity index (χ0n) is 33.3. The molecular formula is C39H48F2N6O12S2. The molecule has 2 heterocycles. The predicted octanol–water partition coefficient (Wildman–Crippen LogP) is 2.51. The summed E-state index contributed by atoms with van der Waals surface area (Å²) in [6.07, 6.45) is 3.99. The molecule has 18 nitrogen and oxygen atoms in total. The van der Waals surface area contributed by atoms with Gasteiger partial charge in [-0.2, -0.15) is 4.31 Å². The summed E-state index contributed by atoms with van der Waals surface area (Å²) in [5.41, 5.74) is -2.23. The summed E-state index contributed by atoms with van der Waals surface area (Å²) < 4.78 is 114. The molecular weight excluding hydrogens is 847 g/mol. The van der Waals surface area contributed by atoms with Crippen molar-refractivity contribution in [2.75, 3.05) is 31.3 Å². The number of nitrogens with one attached hydrogen (secondary N) is 3. The highest BCUT2D eigenvalue weighted by Crippen LogP contribution is 2.32. The number of aromatic nitrogens is 4. The maximum absolute atomic E-state index is 14.9. The molecule has 6 rings (SSSR count). The third kappa shape index (κ3) is 13.8. The molecule has 2 aromatic carbocycles.